The van der Waals surface area contributed by atoms with E-state index in [2.05, 4.69) is 16.0 Å². The van der Waals surface area contributed by atoms with Crippen molar-refractivity contribution in [1.29, 1.82) is 0 Å². The Morgan fingerprint density at radius 2 is 1.96 bits per heavy atom. The summed E-state index contributed by atoms with van der Waals surface area (Å²) in [5.41, 5.74) is 1.43. The number of carbonyl (C=O) groups is 2. The summed E-state index contributed by atoms with van der Waals surface area (Å²) in [6.45, 7) is 5.28. The fourth-order valence-corrected chi connectivity index (χ4v) is 3.75. The molecule has 1 aliphatic carbocycles. The topological polar surface area (TPSA) is 56.8 Å². The van der Waals surface area contributed by atoms with E-state index in [0.29, 0.717) is 19.6 Å². The van der Waals surface area contributed by atoms with Crippen molar-refractivity contribution in [3.63, 3.8) is 0 Å². The maximum atomic E-state index is 12.7. The molecule has 6 heteroatoms. The molecule has 1 saturated heterocycles. The second kappa shape index (κ2) is 9.53. The Morgan fingerprint density at radius 3 is 2.59 bits per heavy atom. The van der Waals surface area contributed by atoms with Gasteiger partial charge in [-0.15, -0.1) is 0 Å². The Bertz CT molecular complexity index is 666. The van der Waals surface area contributed by atoms with Gasteiger partial charge < -0.3 is 14.7 Å². The monoisotopic (exact) mass is 370 g/mol. The van der Waals surface area contributed by atoms with Crippen molar-refractivity contribution in [2.24, 2.45) is 0 Å². The maximum absolute atomic E-state index is 12.7. The highest BCUT2D eigenvalue weighted by Gasteiger charge is 2.24. The van der Waals surface area contributed by atoms with Crippen LogP contribution >= 0.6 is 0 Å². The number of pyridine rings is 1. The van der Waals surface area contributed by atoms with E-state index in [-0.39, 0.29) is 18.4 Å². The van der Waals surface area contributed by atoms with Gasteiger partial charge in [0.25, 0.3) is 0 Å². The zero-order valence-electron chi connectivity index (χ0n) is 16.3. The lowest BCUT2D eigenvalue weighted by molar-refractivity contribution is -0.139. The van der Waals surface area contributed by atoms with E-state index in [0.717, 1.165) is 38.2 Å². The Balaban J connectivity index is 1.47. The molecule has 0 N–H and O–H groups in total. The minimum absolute atomic E-state index is 0.0214. The van der Waals surface area contributed by atoms with Crippen molar-refractivity contribution in [2.45, 2.75) is 39.0 Å². The molecule has 1 aliphatic heterocycles. The number of anilines is 1. The van der Waals surface area contributed by atoms with Gasteiger partial charge in [0.15, 0.2) is 0 Å². The summed E-state index contributed by atoms with van der Waals surface area (Å²) >= 11 is 0. The molecule has 0 bridgehead atoms. The quantitative estimate of drug-likeness (QED) is 0.722. The highest BCUT2D eigenvalue weighted by Crippen LogP contribution is 2.20. The third-order valence-corrected chi connectivity index (χ3v) is 5.46. The van der Waals surface area contributed by atoms with Crippen molar-refractivity contribution >= 4 is 17.6 Å². The number of aromatic nitrogens is 1. The molecule has 0 aromatic carbocycles. The summed E-state index contributed by atoms with van der Waals surface area (Å²) in [5, 5.41) is 0. The van der Waals surface area contributed by atoms with Crippen LogP contribution in [-0.4, -0.2) is 65.9 Å². The summed E-state index contributed by atoms with van der Waals surface area (Å²) in [6.07, 6.45) is 9.78. The second-order valence-corrected chi connectivity index (χ2v) is 7.35. The molecule has 27 heavy (non-hydrogen) atoms. The van der Waals surface area contributed by atoms with Gasteiger partial charge in [-0.3, -0.25) is 9.59 Å². The standard InChI is InChI=1S/C21H30N4O2/c1-18(26)25(12-10-19-7-3-2-4-8-19)17-21(27)24-15-13-23(14-16-24)20-9-5-6-11-22-20/h5-7,9,11H,2-4,8,10,12-17H2,1H3. The Labute approximate surface area is 161 Å². The first-order valence-electron chi connectivity index (χ1n) is 10.0. The van der Waals surface area contributed by atoms with Crippen LogP contribution in [0.5, 0.6) is 0 Å². The molecule has 0 radical (unpaired) electrons. The fraction of sp³-hybridized carbons (Fsp3) is 0.571. The van der Waals surface area contributed by atoms with Crippen LogP contribution < -0.4 is 4.90 Å². The predicted molar refractivity (Wildman–Crippen MR) is 106 cm³/mol. The van der Waals surface area contributed by atoms with E-state index >= 15 is 0 Å². The van der Waals surface area contributed by atoms with Gasteiger partial charge in [0, 0.05) is 45.8 Å². The number of hydrogen-bond donors (Lipinski definition) is 0. The van der Waals surface area contributed by atoms with Crippen molar-refractivity contribution < 1.29 is 9.59 Å². The molecule has 2 aliphatic rings. The largest absolute Gasteiger partial charge is 0.353 e. The first-order chi connectivity index (χ1) is 13.1. The summed E-state index contributed by atoms with van der Waals surface area (Å²) in [6, 6.07) is 5.88. The Kier molecular flexibility index (Phi) is 6.85. The normalized spacial score (nSPS) is 17.4. The van der Waals surface area contributed by atoms with Crippen molar-refractivity contribution in [3.8, 4) is 0 Å². The smallest absolute Gasteiger partial charge is 0.242 e. The highest BCUT2D eigenvalue weighted by atomic mass is 16.2. The number of hydrogen-bond acceptors (Lipinski definition) is 4. The average molecular weight is 370 g/mol. The number of nitrogens with zero attached hydrogens (tertiary/aromatic N) is 4. The third kappa shape index (κ3) is 5.55. The van der Waals surface area contributed by atoms with E-state index in [4.69, 9.17) is 0 Å². The van der Waals surface area contributed by atoms with Crippen LogP contribution in [0.15, 0.2) is 36.0 Å². The maximum Gasteiger partial charge on any atom is 0.242 e. The summed E-state index contributed by atoms with van der Waals surface area (Å²) in [4.78, 5) is 34.8. The van der Waals surface area contributed by atoms with Gasteiger partial charge in [0.1, 0.15) is 5.82 Å². The molecule has 1 aromatic heterocycles. The molecule has 0 spiro atoms. The summed E-state index contributed by atoms with van der Waals surface area (Å²) < 4.78 is 0. The molecule has 6 nitrogen and oxygen atoms in total. The first-order valence-corrected chi connectivity index (χ1v) is 10.0. The van der Waals surface area contributed by atoms with Crippen LogP contribution in [0.2, 0.25) is 0 Å². The SMILES string of the molecule is CC(=O)N(CCC1=CCCCC1)CC(=O)N1CCN(c2ccccn2)CC1. The fourth-order valence-electron chi connectivity index (χ4n) is 3.75. The van der Waals surface area contributed by atoms with E-state index in [1.807, 2.05) is 23.1 Å². The second-order valence-electron chi connectivity index (χ2n) is 7.35. The number of carbonyl (C=O) groups excluding carboxylic acids is 2. The Hall–Kier alpha value is -2.37. The molecule has 1 fully saturated rings. The highest BCUT2D eigenvalue weighted by molar-refractivity contribution is 5.84. The minimum atomic E-state index is -0.0214. The third-order valence-electron chi connectivity index (χ3n) is 5.46. The van der Waals surface area contributed by atoms with Crippen LogP contribution in [0.3, 0.4) is 0 Å². The molecule has 3 rings (SSSR count). The molecule has 2 heterocycles. The van der Waals surface area contributed by atoms with Gasteiger partial charge in [0.05, 0.1) is 6.54 Å². The molecule has 146 valence electrons. The lowest BCUT2D eigenvalue weighted by atomic mass is 9.97. The minimum Gasteiger partial charge on any atom is -0.353 e. The van der Waals surface area contributed by atoms with Crippen LogP contribution in [0.4, 0.5) is 5.82 Å². The average Bonchev–Trinajstić information content (AvgIpc) is 2.72. The Morgan fingerprint density at radius 1 is 1.15 bits per heavy atom. The number of rotatable bonds is 6. The van der Waals surface area contributed by atoms with Gasteiger partial charge >= 0.3 is 0 Å². The first kappa shape index (κ1) is 19.4. The van der Waals surface area contributed by atoms with Gasteiger partial charge in [-0.1, -0.05) is 17.7 Å². The summed E-state index contributed by atoms with van der Waals surface area (Å²) in [5.74, 6) is 0.978. The van der Waals surface area contributed by atoms with Gasteiger partial charge in [-0.2, -0.15) is 0 Å². The van der Waals surface area contributed by atoms with E-state index in [1.165, 1.54) is 18.4 Å². The van der Waals surface area contributed by atoms with Crippen LogP contribution in [-0.2, 0) is 9.59 Å². The van der Waals surface area contributed by atoms with Gasteiger partial charge in [-0.05, 0) is 44.2 Å². The molecule has 2 amide bonds. The zero-order chi connectivity index (χ0) is 19.1. The van der Waals surface area contributed by atoms with Gasteiger partial charge in [-0.25, -0.2) is 4.98 Å². The molecule has 0 saturated carbocycles. The molecular formula is C21H30N4O2. The van der Waals surface area contributed by atoms with E-state index < -0.39 is 0 Å². The van der Waals surface area contributed by atoms with E-state index in [9.17, 15) is 9.59 Å². The molecular weight excluding hydrogens is 340 g/mol. The van der Waals surface area contributed by atoms with Crippen LogP contribution in [0.1, 0.15) is 39.0 Å². The lowest BCUT2D eigenvalue weighted by Gasteiger charge is -2.36. The van der Waals surface area contributed by atoms with Crippen molar-refractivity contribution in [1.82, 2.24) is 14.8 Å². The molecule has 1 aromatic rings. The van der Waals surface area contributed by atoms with Crippen molar-refractivity contribution in [3.05, 3.63) is 36.0 Å². The predicted octanol–water partition coefficient (Wildman–Crippen LogP) is 2.47. The van der Waals surface area contributed by atoms with E-state index in [1.54, 1.807) is 18.0 Å². The zero-order valence-corrected chi connectivity index (χ0v) is 16.3. The summed E-state index contributed by atoms with van der Waals surface area (Å²) in [7, 11) is 0. The van der Waals surface area contributed by atoms with Crippen LogP contribution in [0, 0.1) is 0 Å². The molecule has 0 atom stereocenters. The number of allylic oxidation sites excluding steroid dienone is 1. The molecule has 0 unspecified atom stereocenters. The van der Waals surface area contributed by atoms with Crippen molar-refractivity contribution in [2.75, 3.05) is 44.2 Å². The number of amides is 2. The van der Waals surface area contributed by atoms with Gasteiger partial charge in [0.2, 0.25) is 11.8 Å². The van der Waals surface area contributed by atoms with Crippen LogP contribution in [0.25, 0.3) is 0 Å². The number of piperazine rings is 1. The lowest BCUT2D eigenvalue weighted by Crippen LogP contribution is -2.52.